The number of hydrogen-bond donors (Lipinski definition) is 0. The van der Waals surface area contributed by atoms with Crippen molar-refractivity contribution in [3.63, 3.8) is 0 Å². The Hall–Kier alpha value is -6.73. The average molecular weight is 859 g/mol. The van der Waals surface area contributed by atoms with Crippen LogP contribution in [-0.2, 0) is 5.41 Å². The van der Waals surface area contributed by atoms with Gasteiger partial charge in [-0.15, -0.1) is 0 Å². The first kappa shape index (κ1) is 40.1. The van der Waals surface area contributed by atoms with Gasteiger partial charge in [0, 0.05) is 39.5 Å². The van der Waals surface area contributed by atoms with E-state index in [1.807, 2.05) is 0 Å². The number of rotatable bonds is 8. The Morgan fingerprint density at radius 3 is 1.55 bits per heavy atom. The van der Waals surface area contributed by atoms with Gasteiger partial charge in [0.1, 0.15) is 8.07 Å². The van der Waals surface area contributed by atoms with Crippen molar-refractivity contribution in [3.8, 4) is 33.4 Å². The highest BCUT2D eigenvalue weighted by Gasteiger charge is 2.38. The van der Waals surface area contributed by atoms with Gasteiger partial charge in [0.2, 0.25) is 0 Å². The molecule has 312 valence electrons. The minimum atomic E-state index is -2.19. The topological polar surface area (TPSA) is 6.48 Å². The molecule has 0 spiro atoms. The molecule has 1 heterocycles. The molecule has 9 aromatic rings. The van der Waals surface area contributed by atoms with E-state index < -0.39 is 16.1 Å². The van der Waals surface area contributed by atoms with E-state index in [4.69, 9.17) is 0 Å². The van der Waals surface area contributed by atoms with Crippen molar-refractivity contribution in [1.29, 1.82) is 0 Å². The molecular weight excluding hydrogens is 805 g/mol. The smallest absolute Gasteiger partial charge is 0.113 e. The summed E-state index contributed by atoms with van der Waals surface area (Å²) in [7, 11) is -3.61. The molecule has 2 nitrogen and oxygen atoms in total. The molecule has 11 rings (SSSR count). The van der Waals surface area contributed by atoms with E-state index in [-0.39, 0.29) is 5.41 Å². The lowest BCUT2D eigenvalue weighted by Gasteiger charge is -2.36. The molecule has 0 amide bonds. The molecule has 0 N–H and O–H groups in total. The Labute approximate surface area is 381 Å². The predicted octanol–water partition coefficient (Wildman–Crippen LogP) is 15.1. The highest BCUT2D eigenvalue weighted by atomic mass is 28.3. The molecule has 0 aromatic heterocycles. The third kappa shape index (κ3) is 6.42. The van der Waals surface area contributed by atoms with Crippen LogP contribution in [-0.4, -0.2) is 16.1 Å². The molecule has 4 heteroatoms. The van der Waals surface area contributed by atoms with Crippen molar-refractivity contribution in [2.24, 2.45) is 0 Å². The zero-order valence-electron chi connectivity index (χ0n) is 37.9. The fourth-order valence-electron chi connectivity index (χ4n) is 10.8. The third-order valence-corrected chi connectivity index (χ3v) is 19.8. The Morgan fingerprint density at radius 2 is 0.891 bits per heavy atom. The van der Waals surface area contributed by atoms with Crippen LogP contribution >= 0.6 is 0 Å². The van der Waals surface area contributed by atoms with E-state index >= 15 is 0 Å². The zero-order chi connectivity index (χ0) is 44.0. The third-order valence-electron chi connectivity index (χ3n) is 14.2. The summed E-state index contributed by atoms with van der Waals surface area (Å²) in [5.41, 5.74) is 17.6. The fourth-order valence-corrected chi connectivity index (χ4v) is 15.0. The van der Waals surface area contributed by atoms with Crippen LogP contribution in [0.3, 0.4) is 0 Å². The molecule has 0 saturated carbocycles. The lowest BCUT2D eigenvalue weighted by molar-refractivity contribution is 0.660. The van der Waals surface area contributed by atoms with Crippen LogP contribution in [0.15, 0.2) is 200 Å². The van der Waals surface area contributed by atoms with Crippen LogP contribution in [0.2, 0.25) is 32.7 Å². The van der Waals surface area contributed by atoms with Crippen molar-refractivity contribution in [1.82, 2.24) is 0 Å². The molecular formula is C60H54N2Si2. The summed E-state index contributed by atoms with van der Waals surface area (Å²) in [6.45, 7) is 17.1. The minimum absolute atomic E-state index is 0.0825. The second-order valence-corrected chi connectivity index (χ2v) is 29.2. The van der Waals surface area contributed by atoms with Gasteiger partial charge in [0.25, 0.3) is 0 Å². The van der Waals surface area contributed by atoms with Crippen molar-refractivity contribution >= 4 is 76.6 Å². The number of fused-ring (bicyclic) bond motifs is 5. The van der Waals surface area contributed by atoms with Gasteiger partial charge < -0.3 is 9.80 Å². The summed E-state index contributed by atoms with van der Waals surface area (Å²) < 4.78 is 0. The Morgan fingerprint density at radius 1 is 0.391 bits per heavy atom. The SMILES string of the molecule is CC1(C)c2ccccc2-c2ccc(N(c3ccccc3)c3ccc4c(c3)[Si](C)(C)c3cccc5c(-c6ccc(N(c7ccccc7)c7ccc([Si](C)(C)C)cc7)cc6)ccc-4c35)cc21. The van der Waals surface area contributed by atoms with Gasteiger partial charge in [-0.3, -0.25) is 0 Å². The maximum absolute atomic E-state index is 2.55. The second kappa shape index (κ2) is 14.9. The minimum Gasteiger partial charge on any atom is -0.311 e. The summed E-state index contributed by atoms with van der Waals surface area (Å²) in [6.07, 6.45) is 0. The first-order valence-electron chi connectivity index (χ1n) is 22.8. The molecule has 1 aliphatic carbocycles. The first-order valence-corrected chi connectivity index (χ1v) is 29.3. The molecule has 0 bridgehead atoms. The fraction of sp³-hybridized carbons (Fsp3) is 0.133. The average Bonchev–Trinajstić information content (AvgIpc) is 3.54. The van der Waals surface area contributed by atoms with E-state index in [0.717, 1.165) is 17.1 Å². The maximum atomic E-state index is 2.55. The van der Waals surface area contributed by atoms with Gasteiger partial charge in [-0.1, -0.05) is 179 Å². The Balaban J connectivity index is 0.988. The summed E-state index contributed by atoms with van der Waals surface area (Å²) >= 11 is 0. The molecule has 0 radical (unpaired) electrons. The molecule has 0 unspecified atom stereocenters. The summed E-state index contributed by atoms with van der Waals surface area (Å²) in [6, 6.07) is 75.2. The lowest BCUT2D eigenvalue weighted by atomic mass is 9.82. The maximum Gasteiger partial charge on any atom is 0.113 e. The molecule has 9 aromatic carbocycles. The van der Waals surface area contributed by atoms with E-state index in [0.29, 0.717) is 0 Å². The van der Waals surface area contributed by atoms with Gasteiger partial charge in [-0.2, -0.15) is 0 Å². The van der Waals surface area contributed by atoms with E-state index in [1.54, 1.807) is 0 Å². The summed E-state index contributed by atoms with van der Waals surface area (Å²) in [4.78, 5) is 4.84. The van der Waals surface area contributed by atoms with Gasteiger partial charge in [0.15, 0.2) is 0 Å². The number of benzene rings is 9. The standard InChI is InChI=1S/C60H54N2Si2/c1-60(2)55-23-15-14-21-50(55)51-35-31-46(39-56(51)60)62(43-19-12-9-13-20-43)47-32-36-52-54-38-37-49(53-22-16-24-57(59(53)54)64(6,7)58(52)40-47)41-25-27-44(28-26-41)61(42-17-10-8-11-18-42)45-29-33-48(34-30-45)63(3,4)5/h8-40H,1-7H3. The largest absolute Gasteiger partial charge is 0.311 e. The summed E-state index contributed by atoms with van der Waals surface area (Å²) in [5, 5.41) is 7.19. The monoisotopic (exact) mass is 858 g/mol. The van der Waals surface area contributed by atoms with Gasteiger partial charge in [-0.05, 0) is 138 Å². The predicted molar refractivity (Wildman–Crippen MR) is 281 cm³/mol. The number of hydrogen-bond acceptors (Lipinski definition) is 2. The van der Waals surface area contributed by atoms with E-state index in [2.05, 4.69) is 257 Å². The second-order valence-electron chi connectivity index (χ2n) is 19.8. The number of anilines is 6. The zero-order valence-corrected chi connectivity index (χ0v) is 39.9. The molecule has 0 atom stereocenters. The van der Waals surface area contributed by atoms with Crippen LogP contribution in [0, 0.1) is 0 Å². The quantitative estimate of drug-likeness (QED) is 0.141. The van der Waals surface area contributed by atoms with Crippen LogP contribution in [0.5, 0.6) is 0 Å². The van der Waals surface area contributed by atoms with Crippen molar-refractivity contribution in [3.05, 3.63) is 211 Å². The molecule has 1 aliphatic heterocycles. The molecule has 2 aliphatic rings. The molecule has 0 saturated heterocycles. The lowest BCUT2D eigenvalue weighted by Crippen LogP contribution is -2.56. The van der Waals surface area contributed by atoms with Gasteiger partial charge >= 0.3 is 0 Å². The van der Waals surface area contributed by atoms with E-state index in [9.17, 15) is 0 Å². The Bertz CT molecular complexity index is 3240. The van der Waals surface area contributed by atoms with E-state index in [1.165, 1.54) is 87.9 Å². The van der Waals surface area contributed by atoms with Crippen molar-refractivity contribution < 1.29 is 0 Å². The highest BCUT2D eigenvalue weighted by molar-refractivity contribution is 7.03. The number of para-hydroxylation sites is 2. The Kier molecular flexibility index (Phi) is 9.36. The molecule has 64 heavy (non-hydrogen) atoms. The van der Waals surface area contributed by atoms with Gasteiger partial charge in [-0.25, -0.2) is 0 Å². The van der Waals surface area contributed by atoms with Crippen LogP contribution < -0.4 is 25.4 Å². The van der Waals surface area contributed by atoms with Gasteiger partial charge in [0.05, 0.1) is 8.07 Å². The highest BCUT2D eigenvalue weighted by Crippen LogP contribution is 2.51. The summed E-state index contributed by atoms with van der Waals surface area (Å²) in [5.74, 6) is 0. The van der Waals surface area contributed by atoms with Crippen LogP contribution in [0.25, 0.3) is 44.2 Å². The number of nitrogens with zero attached hydrogens (tertiary/aromatic N) is 2. The first-order chi connectivity index (χ1) is 30.9. The normalized spacial score (nSPS) is 14.1. The van der Waals surface area contributed by atoms with Crippen LogP contribution in [0.4, 0.5) is 34.1 Å². The molecule has 0 fully saturated rings. The van der Waals surface area contributed by atoms with Crippen molar-refractivity contribution in [2.45, 2.75) is 52.0 Å². The van der Waals surface area contributed by atoms with Crippen molar-refractivity contribution in [2.75, 3.05) is 9.80 Å². The van der Waals surface area contributed by atoms with Crippen LogP contribution in [0.1, 0.15) is 25.0 Å².